The van der Waals surface area contributed by atoms with Crippen LogP contribution in [0.5, 0.6) is 0 Å². The number of rotatable bonds is 28. The van der Waals surface area contributed by atoms with Crippen molar-refractivity contribution in [2.75, 3.05) is 0 Å². The topological polar surface area (TPSA) is 54.0 Å². The molecule has 384 valence electrons. The molecule has 0 aromatic heterocycles. The van der Waals surface area contributed by atoms with E-state index in [1.807, 2.05) is 0 Å². The second-order valence-electron chi connectivity index (χ2n) is 30.9. The maximum atomic E-state index is 13.1. The summed E-state index contributed by atoms with van der Waals surface area (Å²) in [6.07, 6.45) is 4.25. The zero-order valence-corrected chi connectivity index (χ0v) is 63.0. The van der Waals surface area contributed by atoms with Crippen LogP contribution in [-0.4, -0.2) is 128 Å². The van der Waals surface area contributed by atoms with Crippen molar-refractivity contribution in [3.8, 4) is 0 Å². The molecule has 0 rings (SSSR count). The first-order valence-corrected chi connectivity index (χ1v) is 74.3. The van der Waals surface area contributed by atoms with Gasteiger partial charge in [-0.3, -0.25) is 0 Å². The Morgan fingerprint density at radius 3 is 0.719 bits per heavy atom. The zero-order chi connectivity index (χ0) is 51.9. The van der Waals surface area contributed by atoms with E-state index in [1.165, 1.54) is 6.29 Å². The van der Waals surface area contributed by atoms with Gasteiger partial charge in [-0.25, -0.2) is 0 Å². The molecular formula is C46H118O5Si13. The third-order valence-corrected chi connectivity index (χ3v) is 225. The van der Waals surface area contributed by atoms with Gasteiger partial charge in [0.25, 0.3) is 0 Å². The van der Waals surface area contributed by atoms with E-state index < -0.39 is 97.2 Å². The van der Waals surface area contributed by atoms with E-state index in [-0.39, 0.29) is 24.4 Å². The highest BCUT2D eigenvalue weighted by Crippen LogP contribution is 2.47. The van der Waals surface area contributed by atoms with E-state index in [2.05, 4.69) is 225 Å². The van der Waals surface area contributed by atoms with Gasteiger partial charge in [0.1, 0.15) is 6.29 Å². The van der Waals surface area contributed by atoms with Crippen LogP contribution in [0, 0.1) is 0 Å². The van der Waals surface area contributed by atoms with Gasteiger partial charge in [-0.15, -0.1) is 0 Å². The highest BCUT2D eigenvalue weighted by Gasteiger charge is 2.68. The Kier molecular flexibility index (Phi) is 23.0. The SMILES string of the molecule is CC(C)[Si](O[C@@H](C)C[C@@H](C[C@@H](C[C@@H](CC=O)O[Si]([Si](C)(C)C)([Si](C)(C)C)[Si](C)(C)C)O[Si]([Si](C)(C)C)([Si](C)(C)C)[Si](C)(C)C)O[Si]([Si](C)(C)C)([Si](C)(C)C)[Si](C)(C)C)(C(C)C)C(C)C. The fourth-order valence-corrected chi connectivity index (χ4v) is 305. The molecular weight excluding hydrogens is 998 g/mol. The number of carbonyl (C=O) groups is 1. The molecule has 0 radical (unpaired) electrons. The fraction of sp³-hybridized carbons (Fsp3) is 0.978. The van der Waals surface area contributed by atoms with Gasteiger partial charge in [0.05, 0.1) is 74.4 Å². The van der Waals surface area contributed by atoms with Gasteiger partial charge in [0.15, 0.2) is 20.6 Å². The monoisotopic (exact) mass is 1110 g/mol. The lowest BCUT2D eigenvalue weighted by atomic mass is 10.0. The van der Waals surface area contributed by atoms with Crippen molar-refractivity contribution in [3.63, 3.8) is 0 Å². The quantitative estimate of drug-likeness (QED) is 0.0577. The Balaban J connectivity index is 8.86. The normalized spacial score (nSPS) is 17.6. The average molecular weight is 1120 g/mol. The van der Waals surface area contributed by atoms with Crippen molar-refractivity contribution >= 4 is 104 Å². The predicted molar refractivity (Wildman–Crippen MR) is 328 cm³/mol. The van der Waals surface area contributed by atoms with Gasteiger partial charge in [0.2, 0.25) is 8.32 Å². The average Bonchev–Trinajstić information content (AvgIpc) is 2.97. The summed E-state index contributed by atoms with van der Waals surface area (Å²) in [7, 11) is -18.5. The van der Waals surface area contributed by atoms with Crippen molar-refractivity contribution in [3.05, 3.63) is 0 Å². The lowest BCUT2D eigenvalue weighted by Crippen LogP contribution is -2.85. The summed E-state index contributed by atoms with van der Waals surface area (Å²) in [5.41, 5.74) is 1.57. The van der Waals surface area contributed by atoms with Crippen molar-refractivity contribution in [2.24, 2.45) is 0 Å². The summed E-state index contributed by atoms with van der Waals surface area (Å²) in [4.78, 5) is 13.1. The van der Waals surface area contributed by atoms with Crippen molar-refractivity contribution < 1.29 is 22.5 Å². The fourth-order valence-electron chi connectivity index (χ4n) is 16.9. The molecule has 0 aromatic carbocycles. The molecule has 0 amide bonds. The van der Waals surface area contributed by atoms with Crippen LogP contribution in [0.4, 0.5) is 0 Å². The molecule has 4 atom stereocenters. The molecule has 0 aliphatic carbocycles. The Labute approximate surface area is 414 Å². The Morgan fingerprint density at radius 2 is 0.516 bits per heavy atom. The van der Waals surface area contributed by atoms with Crippen LogP contribution in [0.25, 0.3) is 0 Å². The standard InChI is InChI=1S/C46H118O5Si13/c1-40(2)61(41(3)4,42(5)6)48-43(7)37-45(50-63(55(17,18)19,56(20,21)22)57(23,24)25)39-46(51-64(58(26,27)28,59(29,30)31)60(32,33)34)38-44(35-36-47)49-62(52(8,9)10,53(11,12)13)54(14,15)16/h36,40-46H,35,37-39H2,1-34H3/t43-,44+,45-,46+/m0/s1. The second kappa shape index (κ2) is 22.2. The summed E-state index contributed by atoms with van der Waals surface area (Å²) < 4.78 is 33.0. The van der Waals surface area contributed by atoms with Crippen LogP contribution in [0.2, 0.25) is 193 Å². The smallest absolute Gasteiger partial charge is 0.200 e. The molecule has 0 aliphatic rings. The van der Waals surface area contributed by atoms with Gasteiger partial charge in [-0.1, -0.05) is 218 Å². The predicted octanol–water partition coefficient (Wildman–Crippen LogP) is 16.1. The highest BCUT2D eigenvalue weighted by atomic mass is 29.9. The third-order valence-electron chi connectivity index (χ3n) is 15.7. The molecule has 0 saturated carbocycles. The van der Waals surface area contributed by atoms with E-state index in [4.69, 9.17) is 17.7 Å². The number of aldehydes is 1. The molecule has 5 nitrogen and oxygen atoms in total. The highest BCUT2D eigenvalue weighted by molar-refractivity contribution is 7.89. The first-order valence-electron chi connectivity index (χ1n) is 25.9. The summed E-state index contributed by atoms with van der Waals surface area (Å²) in [5.74, 6) is 0. The maximum absolute atomic E-state index is 13.1. The molecule has 0 aromatic rings. The molecule has 0 N–H and O–H groups in total. The van der Waals surface area contributed by atoms with E-state index in [1.54, 1.807) is 0 Å². The minimum atomic E-state index is -2.31. The minimum Gasteiger partial charge on any atom is -0.423 e. The van der Waals surface area contributed by atoms with Gasteiger partial charge in [-0.05, 0) is 42.8 Å². The molecule has 0 saturated heterocycles. The first kappa shape index (κ1) is 66.3. The molecule has 0 spiro atoms. The molecule has 0 unspecified atom stereocenters. The number of carbonyl (C=O) groups excluding carboxylic acids is 1. The molecule has 18 heteroatoms. The van der Waals surface area contributed by atoms with Crippen LogP contribution in [-0.2, 0) is 22.5 Å². The second-order valence-corrected chi connectivity index (χ2v) is 155. The van der Waals surface area contributed by atoms with E-state index in [0.717, 1.165) is 19.3 Å². The number of hydrogen-bond donors (Lipinski definition) is 0. The van der Waals surface area contributed by atoms with E-state index in [0.29, 0.717) is 23.0 Å². The molecule has 0 fully saturated rings. The summed E-state index contributed by atoms with van der Waals surface area (Å²) in [6.45, 7) is 81.9. The van der Waals surface area contributed by atoms with Crippen LogP contribution >= 0.6 is 0 Å². The lowest BCUT2D eigenvalue weighted by Gasteiger charge is -2.59. The summed E-state index contributed by atoms with van der Waals surface area (Å²) in [5, 5.41) is 0. The summed E-state index contributed by atoms with van der Waals surface area (Å²) in [6, 6.07) is 0. The molecule has 64 heavy (non-hydrogen) atoms. The van der Waals surface area contributed by atoms with Crippen LogP contribution in [0.15, 0.2) is 0 Å². The zero-order valence-electron chi connectivity index (χ0n) is 50.0. The molecule has 0 heterocycles. The molecule has 0 aliphatic heterocycles. The van der Waals surface area contributed by atoms with Gasteiger partial charge in [0, 0.05) is 24.7 Å². The Morgan fingerprint density at radius 1 is 0.312 bits per heavy atom. The van der Waals surface area contributed by atoms with Crippen LogP contribution in [0.3, 0.4) is 0 Å². The molecule has 0 bridgehead atoms. The van der Waals surface area contributed by atoms with Gasteiger partial charge in [-0.2, -0.15) is 0 Å². The van der Waals surface area contributed by atoms with Crippen molar-refractivity contribution in [1.29, 1.82) is 0 Å². The van der Waals surface area contributed by atoms with Crippen molar-refractivity contribution in [2.45, 2.75) is 292 Å². The van der Waals surface area contributed by atoms with Gasteiger partial charge >= 0.3 is 0 Å². The largest absolute Gasteiger partial charge is 0.423 e. The first-order chi connectivity index (χ1) is 27.8. The van der Waals surface area contributed by atoms with Crippen LogP contribution < -0.4 is 0 Å². The van der Waals surface area contributed by atoms with Gasteiger partial charge < -0.3 is 22.5 Å². The van der Waals surface area contributed by atoms with E-state index >= 15 is 0 Å². The van der Waals surface area contributed by atoms with Crippen molar-refractivity contribution in [1.82, 2.24) is 0 Å². The Bertz CT molecular complexity index is 1330. The number of hydrogen-bond acceptors (Lipinski definition) is 5. The van der Waals surface area contributed by atoms with E-state index in [9.17, 15) is 4.79 Å². The maximum Gasteiger partial charge on any atom is 0.200 e. The summed E-state index contributed by atoms with van der Waals surface area (Å²) >= 11 is 0. The Hall–Kier alpha value is 2.33. The third kappa shape index (κ3) is 13.9. The van der Waals surface area contributed by atoms with Crippen LogP contribution in [0.1, 0.15) is 74.1 Å². The minimum absolute atomic E-state index is 0.0190. The lowest BCUT2D eigenvalue weighted by molar-refractivity contribution is -0.109.